The smallest absolute Gasteiger partial charge is 0.217 e. The minimum Gasteiger partial charge on any atom is -0.242 e. The Kier molecular flexibility index (Phi) is 1.79. The predicted octanol–water partition coefficient (Wildman–Crippen LogP) is -2.16. The van der Waals surface area contributed by atoms with Crippen molar-refractivity contribution in [2.45, 2.75) is 0 Å². The fourth-order valence-corrected chi connectivity index (χ4v) is 0.903. The molecule has 48 valence electrons. The van der Waals surface area contributed by atoms with E-state index >= 15 is 0 Å². The average molecular weight is 137 g/mol. The van der Waals surface area contributed by atoms with E-state index < -0.39 is 10.9 Å². The van der Waals surface area contributed by atoms with Gasteiger partial charge in [0.15, 0.2) is 0 Å². The summed E-state index contributed by atoms with van der Waals surface area (Å²) < 4.78 is 21.2. The molecule has 0 radical (unpaired) electrons. The van der Waals surface area contributed by atoms with E-state index in [1.54, 1.807) is 0 Å². The van der Waals surface area contributed by atoms with Crippen LogP contribution in [0.5, 0.6) is 0 Å². The van der Waals surface area contributed by atoms with Crippen molar-refractivity contribution in [3.63, 3.8) is 0 Å². The Morgan fingerprint density at radius 1 is 1.50 bits per heavy atom. The minimum absolute atomic E-state index is 0.513. The van der Waals surface area contributed by atoms with Gasteiger partial charge >= 0.3 is 0 Å². The second-order valence-corrected chi connectivity index (χ2v) is 2.36. The van der Waals surface area contributed by atoms with Crippen molar-refractivity contribution in [3.05, 3.63) is 0 Å². The van der Waals surface area contributed by atoms with E-state index in [1.165, 1.54) is 0 Å². The van der Waals surface area contributed by atoms with Gasteiger partial charge in [-0.05, 0) is 0 Å². The zero-order valence-electron chi connectivity index (χ0n) is 4.13. The lowest BCUT2D eigenvalue weighted by Gasteiger charge is -2.01. The molecule has 1 aliphatic heterocycles. The molecule has 1 fully saturated rings. The highest BCUT2D eigenvalue weighted by atomic mass is 32.2. The molecule has 6 heteroatoms. The van der Waals surface area contributed by atoms with Crippen LogP contribution in [0.4, 0.5) is 0 Å². The van der Waals surface area contributed by atoms with Crippen LogP contribution in [0.15, 0.2) is 0 Å². The summed E-state index contributed by atoms with van der Waals surface area (Å²) in [4.78, 5) is 0. The van der Waals surface area contributed by atoms with Gasteiger partial charge in [-0.2, -0.15) is 5.53 Å². The minimum atomic E-state index is -2.44. The summed E-state index contributed by atoms with van der Waals surface area (Å²) in [5.74, 6) is 0. The summed E-state index contributed by atoms with van der Waals surface area (Å²) in [6.45, 7) is 1.18. The van der Waals surface area contributed by atoms with Crippen LogP contribution >= 0.6 is 0 Å². The molecule has 2 N–H and O–H groups in total. The van der Waals surface area contributed by atoms with Crippen molar-refractivity contribution in [1.82, 2.24) is 15.4 Å². The normalized spacial score (nSPS) is 22.6. The van der Waals surface area contributed by atoms with Gasteiger partial charge in [-0.1, -0.05) is 0 Å². The Morgan fingerprint density at radius 3 is 2.50 bits per heavy atom. The zero-order valence-corrected chi connectivity index (χ0v) is 5.02. The predicted molar refractivity (Wildman–Crippen MR) is 28.2 cm³/mol. The average Bonchev–Trinajstić information content (AvgIpc) is 2.12. The second kappa shape index (κ2) is 2.40. The van der Waals surface area contributed by atoms with Crippen LogP contribution in [0.3, 0.4) is 0 Å². The molecule has 1 rings (SSSR count). The third-order valence-corrected chi connectivity index (χ3v) is 1.55. The summed E-state index contributed by atoms with van der Waals surface area (Å²) in [5.41, 5.74) is 5.09. The van der Waals surface area contributed by atoms with Crippen LogP contribution in [0.25, 0.3) is 0 Å². The molecule has 0 spiro atoms. The summed E-state index contributed by atoms with van der Waals surface area (Å²) >= 11 is 0. The van der Waals surface area contributed by atoms with Crippen LogP contribution in [0.1, 0.15) is 0 Å². The van der Waals surface area contributed by atoms with Crippen LogP contribution in [0.2, 0.25) is 0 Å². The van der Waals surface area contributed by atoms with Crippen LogP contribution in [0, 0.1) is 0 Å². The van der Waals surface area contributed by atoms with Gasteiger partial charge in [0.25, 0.3) is 0 Å². The summed E-state index contributed by atoms with van der Waals surface area (Å²) in [6.07, 6.45) is 0. The molecule has 0 atom stereocenters. The Hall–Kier alpha value is -0.170. The van der Waals surface area contributed by atoms with E-state index in [0.717, 1.165) is 4.41 Å². The molecule has 1 heterocycles. The number of thiol groups is 1. The lowest BCUT2D eigenvalue weighted by Crippen LogP contribution is -2.34. The monoisotopic (exact) mass is 137 g/mol. The van der Waals surface area contributed by atoms with Crippen molar-refractivity contribution < 1.29 is 8.42 Å². The zero-order chi connectivity index (χ0) is 5.98. The fourth-order valence-electron chi connectivity index (χ4n) is 0.487. The van der Waals surface area contributed by atoms with E-state index in [1.807, 2.05) is 0 Å². The highest BCUT2D eigenvalue weighted by molar-refractivity contribution is 7.69. The number of nitrogens with zero attached hydrogens (tertiary/aromatic N) is 1. The molecule has 0 amide bonds. The third kappa shape index (κ3) is 1.16. The topological polar surface area (TPSA) is 61.4 Å². The van der Waals surface area contributed by atoms with E-state index in [2.05, 4.69) is 11.0 Å². The number of hydrogen-bond acceptors (Lipinski definition) is 4. The van der Waals surface area contributed by atoms with Gasteiger partial charge in [0.2, 0.25) is 10.9 Å². The molecule has 0 aliphatic carbocycles. The maximum atomic E-state index is 10.1. The molecule has 0 aromatic heterocycles. The summed E-state index contributed by atoms with van der Waals surface area (Å²) in [7, 11) is -2.44. The largest absolute Gasteiger partial charge is 0.242 e. The Balaban J connectivity index is 2.47. The van der Waals surface area contributed by atoms with Gasteiger partial charge in [-0.15, -0.1) is 4.41 Å². The number of nitrogens with one attached hydrogen (secondary N) is 2. The van der Waals surface area contributed by atoms with Gasteiger partial charge in [0.1, 0.15) is 0 Å². The number of rotatable bonds is 1. The standard InChI is InChI=1S/C2H7N3O2S/c6-8(7)5-2-1-3-4-5/h3-4,8H,1-2H2. The van der Waals surface area contributed by atoms with Gasteiger partial charge in [0.05, 0.1) is 0 Å². The Morgan fingerprint density at radius 2 is 2.25 bits per heavy atom. The van der Waals surface area contributed by atoms with Crippen molar-refractivity contribution >= 4 is 10.9 Å². The quantitative estimate of drug-likeness (QED) is 0.360. The van der Waals surface area contributed by atoms with E-state index in [4.69, 9.17) is 0 Å². The first-order valence-corrected chi connectivity index (χ1v) is 3.34. The maximum absolute atomic E-state index is 10.1. The molecule has 8 heavy (non-hydrogen) atoms. The third-order valence-electron chi connectivity index (χ3n) is 0.854. The first-order chi connectivity index (χ1) is 3.80. The number of hydrogen-bond donors (Lipinski definition) is 3. The Labute approximate surface area is 48.7 Å². The molecule has 1 aliphatic rings. The molecule has 0 unspecified atom stereocenters. The van der Waals surface area contributed by atoms with Gasteiger partial charge in [-0.3, -0.25) is 0 Å². The van der Waals surface area contributed by atoms with Crippen LogP contribution < -0.4 is 11.0 Å². The SMILES string of the molecule is O=[SH](=O)N1CCNN1. The highest BCUT2D eigenvalue weighted by Gasteiger charge is 2.10. The van der Waals surface area contributed by atoms with E-state index in [9.17, 15) is 8.42 Å². The fraction of sp³-hybridized carbons (Fsp3) is 1.00. The Bertz CT molecular complexity index is 130. The first-order valence-electron chi connectivity index (χ1n) is 2.21. The van der Waals surface area contributed by atoms with Crippen molar-refractivity contribution in [3.8, 4) is 0 Å². The van der Waals surface area contributed by atoms with Crippen molar-refractivity contribution in [2.75, 3.05) is 13.1 Å². The van der Waals surface area contributed by atoms with E-state index in [-0.39, 0.29) is 0 Å². The maximum Gasteiger partial charge on any atom is 0.217 e. The van der Waals surface area contributed by atoms with E-state index in [0.29, 0.717) is 13.1 Å². The first kappa shape index (κ1) is 5.96. The molecule has 1 saturated heterocycles. The highest BCUT2D eigenvalue weighted by Crippen LogP contribution is 1.82. The van der Waals surface area contributed by atoms with Gasteiger partial charge in [-0.25, -0.2) is 13.8 Å². The molecular weight excluding hydrogens is 130 g/mol. The second-order valence-electron chi connectivity index (χ2n) is 1.40. The molecular formula is C2H7N3O2S. The lowest BCUT2D eigenvalue weighted by atomic mass is 10.7. The van der Waals surface area contributed by atoms with Gasteiger partial charge in [0, 0.05) is 13.1 Å². The van der Waals surface area contributed by atoms with Crippen LogP contribution in [-0.2, 0) is 10.9 Å². The molecule has 0 aromatic rings. The summed E-state index contributed by atoms with van der Waals surface area (Å²) in [5, 5.41) is 0. The van der Waals surface area contributed by atoms with Gasteiger partial charge < -0.3 is 0 Å². The lowest BCUT2D eigenvalue weighted by molar-refractivity contribution is 0.382. The molecule has 0 aromatic carbocycles. The number of hydrazine groups is 2. The molecule has 0 saturated carbocycles. The van der Waals surface area contributed by atoms with Crippen molar-refractivity contribution in [2.24, 2.45) is 0 Å². The van der Waals surface area contributed by atoms with Crippen molar-refractivity contribution in [1.29, 1.82) is 0 Å². The van der Waals surface area contributed by atoms with Crippen LogP contribution in [-0.4, -0.2) is 25.9 Å². The molecule has 0 bridgehead atoms. The summed E-state index contributed by atoms with van der Waals surface area (Å²) in [6, 6.07) is 0. The molecule has 5 nitrogen and oxygen atoms in total.